The normalized spacial score (nSPS) is 20.6. The molecule has 0 bridgehead atoms. The number of carbonyl (C=O) groups is 1. The maximum absolute atomic E-state index is 11.6. The molecule has 0 N–H and O–H groups in total. The lowest BCUT2D eigenvalue weighted by Gasteiger charge is -2.15. The number of likely N-dealkylation sites (tertiary alicyclic amines) is 1. The van der Waals surface area contributed by atoms with Crippen LogP contribution in [0.1, 0.15) is 25.7 Å². The van der Waals surface area contributed by atoms with Gasteiger partial charge >= 0.3 is 0 Å². The summed E-state index contributed by atoms with van der Waals surface area (Å²) in [4.78, 5) is 13.2. The minimum absolute atomic E-state index is 0.0210. The molecule has 0 aromatic rings. The van der Waals surface area contributed by atoms with Gasteiger partial charge < -0.3 is 4.90 Å². The number of nitriles is 1. The van der Waals surface area contributed by atoms with Gasteiger partial charge in [0.15, 0.2) is 0 Å². The molecule has 0 radical (unpaired) electrons. The van der Waals surface area contributed by atoms with Gasteiger partial charge in [-0.3, -0.25) is 4.79 Å². The Balaban J connectivity index is 2.35. The summed E-state index contributed by atoms with van der Waals surface area (Å²) in [6, 6.07) is 2.04. The zero-order valence-corrected chi connectivity index (χ0v) is 11.0. The van der Waals surface area contributed by atoms with Crippen molar-refractivity contribution in [2.75, 3.05) is 18.8 Å². The van der Waals surface area contributed by atoms with E-state index in [0.29, 0.717) is 19.5 Å². The van der Waals surface area contributed by atoms with Crippen molar-refractivity contribution in [3.05, 3.63) is 0 Å². The molecule has 1 aliphatic rings. The number of unbranched alkanes of at least 4 members (excludes halogenated alkanes) is 2. The molecule has 0 aromatic carbocycles. The van der Waals surface area contributed by atoms with Crippen molar-refractivity contribution >= 4 is 25.6 Å². The molecule has 1 rings (SSSR count). The predicted molar refractivity (Wildman–Crippen MR) is 63.8 cm³/mol. The lowest BCUT2D eigenvalue weighted by molar-refractivity contribution is -0.127. The second-order valence-corrected chi connectivity index (χ2v) is 7.05. The van der Waals surface area contributed by atoms with Crippen LogP contribution in [-0.2, 0) is 13.8 Å². The van der Waals surface area contributed by atoms with E-state index in [4.69, 9.17) is 15.9 Å². The zero-order valence-electron chi connectivity index (χ0n) is 9.43. The van der Waals surface area contributed by atoms with Gasteiger partial charge in [-0.1, -0.05) is 0 Å². The van der Waals surface area contributed by atoms with E-state index in [1.54, 1.807) is 4.90 Å². The third-order valence-electron chi connectivity index (χ3n) is 2.70. The Morgan fingerprint density at radius 3 is 2.76 bits per heavy atom. The third kappa shape index (κ3) is 5.37. The van der Waals surface area contributed by atoms with E-state index in [2.05, 4.69) is 0 Å². The van der Waals surface area contributed by atoms with Crippen LogP contribution in [0.5, 0.6) is 0 Å². The van der Waals surface area contributed by atoms with Gasteiger partial charge in [0.05, 0.1) is 11.8 Å². The van der Waals surface area contributed by atoms with Crippen LogP contribution in [0, 0.1) is 17.2 Å². The van der Waals surface area contributed by atoms with Crippen LogP contribution in [0.4, 0.5) is 0 Å². The molecule has 0 aromatic heterocycles. The fourth-order valence-electron chi connectivity index (χ4n) is 1.97. The fraction of sp³-hybridized carbons (Fsp3) is 0.800. The lowest BCUT2D eigenvalue weighted by Crippen LogP contribution is -2.26. The van der Waals surface area contributed by atoms with E-state index >= 15 is 0 Å². The van der Waals surface area contributed by atoms with E-state index in [9.17, 15) is 13.2 Å². The van der Waals surface area contributed by atoms with Gasteiger partial charge in [0.2, 0.25) is 15.0 Å². The van der Waals surface area contributed by atoms with Crippen molar-refractivity contribution in [2.24, 2.45) is 5.92 Å². The molecular weight excluding hydrogens is 264 g/mol. The molecule has 1 saturated heterocycles. The second kappa shape index (κ2) is 6.22. The molecule has 5 nitrogen and oxygen atoms in total. The summed E-state index contributed by atoms with van der Waals surface area (Å²) in [6.07, 6.45) is 2.28. The summed E-state index contributed by atoms with van der Waals surface area (Å²) < 4.78 is 21.8. The Labute approximate surface area is 106 Å². The van der Waals surface area contributed by atoms with Crippen LogP contribution in [0.2, 0.25) is 0 Å². The maximum atomic E-state index is 11.6. The van der Waals surface area contributed by atoms with Gasteiger partial charge in [0.25, 0.3) is 0 Å². The Kier molecular flexibility index (Phi) is 5.22. The minimum atomic E-state index is -3.53. The number of halogens is 1. The monoisotopic (exact) mass is 278 g/mol. The SMILES string of the molecule is N#CCCCCN1CC(CS(=O)(=O)Cl)CC1=O. The van der Waals surface area contributed by atoms with Crippen molar-refractivity contribution in [1.29, 1.82) is 5.26 Å². The molecular formula is C10H15ClN2O3S. The van der Waals surface area contributed by atoms with Gasteiger partial charge in [0.1, 0.15) is 0 Å². The van der Waals surface area contributed by atoms with Crippen molar-refractivity contribution < 1.29 is 13.2 Å². The molecule has 96 valence electrons. The van der Waals surface area contributed by atoms with Gasteiger partial charge in [0, 0.05) is 42.5 Å². The molecule has 7 heteroatoms. The average molecular weight is 279 g/mol. The number of carbonyl (C=O) groups excluding carboxylic acids is 1. The summed E-state index contributed by atoms with van der Waals surface area (Å²) >= 11 is 0. The van der Waals surface area contributed by atoms with Crippen LogP contribution < -0.4 is 0 Å². The van der Waals surface area contributed by atoms with Crippen LogP contribution >= 0.6 is 10.7 Å². The average Bonchev–Trinajstić information content (AvgIpc) is 2.51. The maximum Gasteiger partial charge on any atom is 0.232 e. The predicted octanol–water partition coefficient (Wildman–Crippen LogP) is 1.10. The molecule has 1 unspecified atom stereocenters. The van der Waals surface area contributed by atoms with Crippen LogP contribution in [0.3, 0.4) is 0 Å². The van der Waals surface area contributed by atoms with E-state index in [-0.39, 0.29) is 24.0 Å². The Morgan fingerprint density at radius 2 is 2.18 bits per heavy atom. The summed E-state index contributed by atoms with van der Waals surface area (Å²) in [6.45, 7) is 1.05. The Hall–Kier alpha value is -0.800. The fourth-order valence-corrected chi connectivity index (χ4v) is 3.29. The van der Waals surface area contributed by atoms with Crippen LogP contribution in [0.15, 0.2) is 0 Å². The molecule has 1 heterocycles. The number of nitrogens with zero attached hydrogens (tertiary/aromatic N) is 2. The van der Waals surface area contributed by atoms with E-state index in [1.165, 1.54) is 0 Å². The highest BCUT2D eigenvalue weighted by Crippen LogP contribution is 2.21. The highest BCUT2D eigenvalue weighted by molar-refractivity contribution is 8.13. The zero-order chi connectivity index (χ0) is 12.9. The van der Waals surface area contributed by atoms with Gasteiger partial charge in [-0.2, -0.15) is 5.26 Å². The number of hydrogen-bond donors (Lipinski definition) is 0. The molecule has 1 atom stereocenters. The summed E-state index contributed by atoms with van der Waals surface area (Å²) in [7, 11) is 1.63. The van der Waals surface area contributed by atoms with E-state index in [1.807, 2.05) is 6.07 Å². The first-order valence-corrected chi connectivity index (χ1v) is 7.97. The highest BCUT2D eigenvalue weighted by atomic mass is 35.7. The van der Waals surface area contributed by atoms with Crippen molar-refractivity contribution in [1.82, 2.24) is 4.90 Å². The first-order valence-electron chi connectivity index (χ1n) is 5.49. The molecule has 17 heavy (non-hydrogen) atoms. The molecule has 0 saturated carbocycles. The number of hydrogen-bond acceptors (Lipinski definition) is 4. The largest absolute Gasteiger partial charge is 0.342 e. The second-order valence-electron chi connectivity index (χ2n) is 4.23. The van der Waals surface area contributed by atoms with E-state index < -0.39 is 9.05 Å². The highest BCUT2D eigenvalue weighted by Gasteiger charge is 2.31. The third-order valence-corrected chi connectivity index (χ3v) is 3.94. The van der Waals surface area contributed by atoms with E-state index in [0.717, 1.165) is 12.8 Å². The van der Waals surface area contributed by atoms with Crippen molar-refractivity contribution in [3.8, 4) is 6.07 Å². The molecule has 0 spiro atoms. The van der Waals surface area contributed by atoms with Crippen molar-refractivity contribution in [2.45, 2.75) is 25.7 Å². The molecule has 1 fully saturated rings. The van der Waals surface area contributed by atoms with Crippen molar-refractivity contribution in [3.63, 3.8) is 0 Å². The van der Waals surface area contributed by atoms with Gasteiger partial charge in [-0.15, -0.1) is 0 Å². The topological polar surface area (TPSA) is 78.2 Å². The Morgan fingerprint density at radius 1 is 1.47 bits per heavy atom. The van der Waals surface area contributed by atoms with Crippen LogP contribution in [0.25, 0.3) is 0 Å². The smallest absolute Gasteiger partial charge is 0.232 e. The summed E-state index contributed by atoms with van der Waals surface area (Å²) in [5, 5.41) is 8.37. The standard InChI is InChI=1S/C10H15ClN2O3S/c11-17(15,16)8-9-6-10(14)13(7-9)5-3-1-2-4-12/h9H,1-3,5-8H2. The van der Waals surface area contributed by atoms with Gasteiger partial charge in [-0.05, 0) is 12.8 Å². The quantitative estimate of drug-likeness (QED) is 0.538. The Bertz CT molecular complexity index is 416. The number of rotatable bonds is 6. The summed E-state index contributed by atoms with van der Waals surface area (Å²) in [5.41, 5.74) is 0. The van der Waals surface area contributed by atoms with Crippen LogP contribution in [-0.4, -0.2) is 38.1 Å². The first kappa shape index (κ1) is 14.3. The molecule has 1 amide bonds. The molecule has 0 aliphatic carbocycles. The first-order chi connectivity index (χ1) is 7.92. The molecule has 1 aliphatic heterocycles. The lowest BCUT2D eigenvalue weighted by atomic mass is 10.1. The van der Waals surface area contributed by atoms with Gasteiger partial charge in [-0.25, -0.2) is 8.42 Å². The summed E-state index contributed by atoms with van der Waals surface area (Å²) in [5.74, 6) is -0.358. The number of amides is 1. The minimum Gasteiger partial charge on any atom is -0.342 e.